The molecular formula is C20H16N2O2. The van der Waals surface area contributed by atoms with E-state index in [2.05, 4.69) is 9.83 Å². The van der Waals surface area contributed by atoms with Crippen molar-refractivity contribution >= 4 is 28.1 Å². The van der Waals surface area contributed by atoms with Crippen molar-refractivity contribution in [2.24, 2.45) is 0 Å². The van der Waals surface area contributed by atoms with Gasteiger partial charge >= 0.3 is 5.97 Å². The lowest BCUT2D eigenvalue weighted by molar-refractivity contribution is -0.137. The number of rotatable bonds is 4. The van der Waals surface area contributed by atoms with Crippen molar-refractivity contribution in [1.82, 2.24) is 4.98 Å². The third-order valence-electron chi connectivity index (χ3n) is 3.72. The molecule has 0 unspecified atom stereocenters. The van der Waals surface area contributed by atoms with E-state index in [9.17, 15) is 4.79 Å². The molecule has 1 aromatic heterocycles. The number of hydrogen-bond acceptors (Lipinski definition) is 2. The highest BCUT2D eigenvalue weighted by Crippen LogP contribution is 2.30. The van der Waals surface area contributed by atoms with Crippen molar-refractivity contribution < 1.29 is 9.53 Å². The second kappa shape index (κ2) is 6.84. The molecule has 0 amide bonds. The molecule has 4 nitrogen and oxygen atoms in total. The summed E-state index contributed by atoms with van der Waals surface area (Å²) < 4.78 is 5.06. The summed E-state index contributed by atoms with van der Waals surface area (Å²) in [6.07, 6.45) is 3.21. The molecule has 3 aromatic rings. The fraction of sp³-hybridized carbons (Fsp3) is 0.100. The predicted molar refractivity (Wildman–Crippen MR) is 94.7 cm³/mol. The zero-order valence-electron chi connectivity index (χ0n) is 13.2. The summed E-state index contributed by atoms with van der Waals surface area (Å²) >= 11 is 0. The van der Waals surface area contributed by atoms with Crippen molar-refractivity contribution in [1.29, 1.82) is 0 Å². The first-order chi connectivity index (χ1) is 11.7. The summed E-state index contributed by atoms with van der Waals surface area (Å²) in [6.45, 7) is 9.30. The molecule has 0 atom stereocenters. The molecule has 0 fully saturated rings. The molecule has 118 valence electrons. The lowest BCUT2D eigenvalue weighted by atomic mass is 9.96. The van der Waals surface area contributed by atoms with Crippen LogP contribution in [0.4, 0.5) is 5.69 Å². The van der Waals surface area contributed by atoms with E-state index in [-0.39, 0.29) is 5.97 Å². The fourth-order valence-corrected chi connectivity index (χ4v) is 2.62. The Balaban J connectivity index is 2.12. The van der Waals surface area contributed by atoms with E-state index in [0.717, 1.165) is 27.6 Å². The standard InChI is InChI=1S/C20H16N2O2/c1-3-24-20(23)12-17(14-7-5-4-6-8-14)15-9-10-16-18(11-15)22-13-19(16)21-2/h4-13,22H,3H2,1H3. The van der Waals surface area contributed by atoms with Gasteiger partial charge in [0.05, 0.1) is 13.2 Å². The summed E-state index contributed by atoms with van der Waals surface area (Å²) in [7, 11) is 0. The molecule has 1 heterocycles. The highest BCUT2D eigenvalue weighted by atomic mass is 16.5. The number of benzene rings is 2. The zero-order valence-corrected chi connectivity index (χ0v) is 13.2. The number of fused-ring (bicyclic) bond motifs is 1. The van der Waals surface area contributed by atoms with Gasteiger partial charge in [0.15, 0.2) is 0 Å². The van der Waals surface area contributed by atoms with Crippen LogP contribution in [0.2, 0.25) is 0 Å². The van der Waals surface area contributed by atoms with Gasteiger partial charge in [0.1, 0.15) is 0 Å². The van der Waals surface area contributed by atoms with Crippen molar-refractivity contribution in [3.05, 3.63) is 83.3 Å². The first-order valence-corrected chi connectivity index (χ1v) is 7.65. The lowest BCUT2D eigenvalue weighted by Gasteiger charge is -2.09. The monoisotopic (exact) mass is 316 g/mol. The van der Waals surface area contributed by atoms with Crippen LogP contribution in [0.25, 0.3) is 21.3 Å². The molecule has 0 bridgehead atoms. The van der Waals surface area contributed by atoms with Gasteiger partial charge in [0, 0.05) is 23.2 Å². The molecule has 0 aliphatic carbocycles. The minimum atomic E-state index is -0.371. The Morgan fingerprint density at radius 1 is 1.21 bits per heavy atom. The Kier molecular flexibility index (Phi) is 4.44. The van der Waals surface area contributed by atoms with Gasteiger partial charge in [-0.05, 0) is 29.7 Å². The highest BCUT2D eigenvalue weighted by molar-refractivity contribution is 6.00. The lowest BCUT2D eigenvalue weighted by Crippen LogP contribution is -2.01. The number of aromatic amines is 1. The van der Waals surface area contributed by atoms with E-state index in [1.165, 1.54) is 6.08 Å². The van der Waals surface area contributed by atoms with Crippen molar-refractivity contribution in [3.8, 4) is 0 Å². The maximum Gasteiger partial charge on any atom is 0.331 e. The minimum absolute atomic E-state index is 0.335. The first-order valence-electron chi connectivity index (χ1n) is 7.65. The molecule has 1 N–H and O–H groups in total. The number of nitrogens with one attached hydrogen (secondary N) is 1. The van der Waals surface area contributed by atoms with E-state index in [0.29, 0.717) is 12.3 Å². The molecule has 2 aromatic carbocycles. The quantitative estimate of drug-likeness (QED) is 0.430. The number of carbonyl (C=O) groups excluding carboxylic acids is 1. The van der Waals surface area contributed by atoms with Crippen molar-refractivity contribution in [3.63, 3.8) is 0 Å². The van der Waals surface area contributed by atoms with Gasteiger partial charge < -0.3 is 9.72 Å². The second-order valence-corrected chi connectivity index (χ2v) is 5.22. The fourth-order valence-electron chi connectivity index (χ4n) is 2.62. The summed E-state index contributed by atoms with van der Waals surface area (Å²) in [5.41, 5.74) is 4.06. The normalized spacial score (nSPS) is 11.2. The highest BCUT2D eigenvalue weighted by Gasteiger charge is 2.11. The number of carbonyl (C=O) groups is 1. The topological polar surface area (TPSA) is 46.5 Å². The second-order valence-electron chi connectivity index (χ2n) is 5.22. The molecule has 3 rings (SSSR count). The molecule has 0 saturated carbocycles. The minimum Gasteiger partial charge on any atom is -0.463 e. The maximum atomic E-state index is 12.0. The van der Waals surface area contributed by atoms with Gasteiger partial charge in [0.2, 0.25) is 5.69 Å². The van der Waals surface area contributed by atoms with Crippen LogP contribution in [0.1, 0.15) is 18.1 Å². The number of nitrogens with zero attached hydrogens (tertiary/aromatic N) is 1. The van der Waals surface area contributed by atoms with Crippen LogP contribution in [0, 0.1) is 6.57 Å². The molecule has 4 heteroatoms. The Hall–Kier alpha value is -3.32. The van der Waals surface area contributed by atoms with Crippen LogP contribution < -0.4 is 0 Å². The Morgan fingerprint density at radius 2 is 2.00 bits per heavy atom. The van der Waals surface area contributed by atoms with Gasteiger partial charge in [-0.1, -0.05) is 42.5 Å². The maximum absolute atomic E-state index is 12.0. The van der Waals surface area contributed by atoms with Crippen molar-refractivity contribution in [2.45, 2.75) is 6.92 Å². The Bertz CT molecular complexity index is 947. The van der Waals surface area contributed by atoms with Crippen LogP contribution in [0.3, 0.4) is 0 Å². The summed E-state index contributed by atoms with van der Waals surface area (Å²) in [6, 6.07) is 15.5. The summed E-state index contributed by atoms with van der Waals surface area (Å²) in [5, 5.41) is 0.872. The number of ether oxygens (including phenoxy) is 1. The largest absolute Gasteiger partial charge is 0.463 e. The average molecular weight is 316 g/mol. The van der Waals surface area contributed by atoms with Gasteiger partial charge in [-0.25, -0.2) is 9.64 Å². The van der Waals surface area contributed by atoms with Crippen LogP contribution in [0.15, 0.2) is 60.8 Å². The van der Waals surface area contributed by atoms with Gasteiger partial charge in [0.25, 0.3) is 0 Å². The third kappa shape index (κ3) is 3.06. The summed E-state index contributed by atoms with van der Waals surface area (Å²) in [4.78, 5) is 18.6. The number of aromatic nitrogens is 1. The van der Waals surface area contributed by atoms with Crippen LogP contribution >= 0.6 is 0 Å². The molecule has 0 aliphatic rings. The molecule has 0 spiro atoms. The van der Waals surface area contributed by atoms with Crippen molar-refractivity contribution in [2.75, 3.05) is 6.61 Å². The molecule has 0 saturated heterocycles. The Morgan fingerprint density at radius 3 is 2.71 bits per heavy atom. The molecule has 24 heavy (non-hydrogen) atoms. The number of hydrogen-bond donors (Lipinski definition) is 1. The first kappa shape index (κ1) is 15.6. The average Bonchev–Trinajstić information content (AvgIpc) is 3.03. The summed E-state index contributed by atoms with van der Waals surface area (Å²) in [5.74, 6) is -0.371. The molecular weight excluding hydrogens is 300 g/mol. The molecule has 0 aliphatic heterocycles. The zero-order chi connectivity index (χ0) is 16.9. The van der Waals surface area contributed by atoms with Gasteiger partial charge in [-0.15, -0.1) is 0 Å². The SMILES string of the molecule is [C-]#[N+]c1c[nH]c2cc(C(=CC(=O)OCC)c3ccccc3)ccc12. The smallest absolute Gasteiger partial charge is 0.331 e. The van der Waals surface area contributed by atoms with Crippen LogP contribution in [-0.2, 0) is 9.53 Å². The molecule has 0 radical (unpaired) electrons. The van der Waals surface area contributed by atoms with Crippen LogP contribution in [0.5, 0.6) is 0 Å². The van der Waals surface area contributed by atoms with E-state index in [4.69, 9.17) is 11.3 Å². The van der Waals surface area contributed by atoms with Gasteiger partial charge in [-0.2, -0.15) is 0 Å². The predicted octanol–water partition coefficient (Wildman–Crippen LogP) is 4.71. The number of H-pyrrole nitrogens is 1. The van der Waals surface area contributed by atoms with E-state index in [1.54, 1.807) is 13.1 Å². The van der Waals surface area contributed by atoms with E-state index < -0.39 is 0 Å². The van der Waals surface area contributed by atoms with E-state index in [1.807, 2.05) is 48.5 Å². The third-order valence-corrected chi connectivity index (χ3v) is 3.72. The Labute approximate surface area is 140 Å². The van der Waals surface area contributed by atoms with Gasteiger partial charge in [-0.3, -0.25) is 0 Å². The van der Waals surface area contributed by atoms with Crippen LogP contribution in [-0.4, -0.2) is 17.6 Å². The number of esters is 1. The van der Waals surface area contributed by atoms with E-state index >= 15 is 0 Å².